The van der Waals surface area contributed by atoms with E-state index in [1.54, 1.807) is 12.1 Å². The fourth-order valence-corrected chi connectivity index (χ4v) is 1.34. The van der Waals surface area contributed by atoms with Gasteiger partial charge in [0, 0.05) is 5.56 Å². The van der Waals surface area contributed by atoms with E-state index in [4.69, 9.17) is 5.73 Å². The molecule has 2 heteroatoms. The van der Waals surface area contributed by atoms with Crippen molar-refractivity contribution in [3.63, 3.8) is 0 Å². The number of amides is 1. The summed E-state index contributed by atoms with van der Waals surface area (Å²) >= 11 is 0. The molecular formula is C12H17NO. The van der Waals surface area contributed by atoms with Gasteiger partial charge in [-0.3, -0.25) is 4.79 Å². The van der Waals surface area contributed by atoms with Crippen molar-refractivity contribution in [1.29, 1.82) is 0 Å². The van der Waals surface area contributed by atoms with Gasteiger partial charge in [-0.15, -0.1) is 0 Å². The van der Waals surface area contributed by atoms with Gasteiger partial charge in [-0.25, -0.2) is 0 Å². The molecule has 0 saturated carbocycles. The SMILES string of the molecule is CC(C)C(C)c1ccc(C(N)=O)cc1. The highest BCUT2D eigenvalue weighted by molar-refractivity contribution is 5.92. The quantitative estimate of drug-likeness (QED) is 0.783. The minimum atomic E-state index is -0.367. The molecule has 0 aliphatic rings. The van der Waals surface area contributed by atoms with E-state index >= 15 is 0 Å². The third-order valence-corrected chi connectivity index (χ3v) is 2.72. The summed E-state index contributed by atoms with van der Waals surface area (Å²) in [4.78, 5) is 10.8. The Morgan fingerprint density at radius 3 is 2.00 bits per heavy atom. The maximum atomic E-state index is 10.8. The molecule has 0 fully saturated rings. The van der Waals surface area contributed by atoms with Gasteiger partial charge < -0.3 is 5.73 Å². The van der Waals surface area contributed by atoms with Crippen LogP contribution >= 0.6 is 0 Å². The number of carbonyl (C=O) groups excluding carboxylic acids is 1. The molecule has 76 valence electrons. The molecule has 1 unspecified atom stereocenters. The standard InChI is InChI=1S/C12H17NO/c1-8(2)9(3)10-4-6-11(7-5-10)12(13)14/h4-9H,1-3H3,(H2,13,14). The summed E-state index contributed by atoms with van der Waals surface area (Å²) in [5, 5.41) is 0. The molecule has 0 heterocycles. The largest absolute Gasteiger partial charge is 0.366 e. The van der Waals surface area contributed by atoms with Crippen LogP contribution in [-0.4, -0.2) is 5.91 Å². The first-order chi connectivity index (χ1) is 6.52. The summed E-state index contributed by atoms with van der Waals surface area (Å²) < 4.78 is 0. The summed E-state index contributed by atoms with van der Waals surface area (Å²) in [5.74, 6) is 0.750. The lowest BCUT2D eigenvalue weighted by molar-refractivity contribution is 0.100. The highest BCUT2D eigenvalue weighted by Gasteiger charge is 2.09. The van der Waals surface area contributed by atoms with Crippen molar-refractivity contribution in [1.82, 2.24) is 0 Å². The van der Waals surface area contributed by atoms with Gasteiger partial charge in [-0.1, -0.05) is 32.9 Å². The predicted octanol–water partition coefficient (Wildman–Crippen LogP) is 2.55. The van der Waals surface area contributed by atoms with Crippen LogP contribution in [0.4, 0.5) is 0 Å². The Hall–Kier alpha value is -1.31. The lowest BCUT2D eigenvalue weighted by Crippen LogP contribution is -2.11. The second-order valence-electron chi connectivity index (χ2n) is 4.02. The zero-order valence-electron chi connectivity index (χ0n) is 8.95. The Bertz CT molecular complexity index is 314. The zero-order chi connectivity index (χ0) is 10.7. The number of benzene rings is 1. The van der Waals surface area contributed by atoms with Crippen molar-refractivity contribution in [2.45, 2.75) is 26.7 Å². The Morgan fingerprint density at radius 2 is 1.64 bits per heavy atom. The maximum Gasteiger partial charge on any atom is 0.248 e. The van der Waals surface area contributed by atoms with Gasteiger partial charge in [-0.2, -0.15) is 0 Å². The molecule has 2 nitrogen and oxygen atoms in total. The first kappa shape index (κ1) is 10.8. The van der Waals surface area contributed by atoms with Gasteiger partial charge in [0.25, 0.3) is 0 Å². The van der Waals surface area contributed by atoms with Gasteiger partial charge >= 0.3 is 0 Å². The molecule has 14 heavy (non-hydrogen) atoms. The van der Waals surface area contributed by atoms with E-state index in [2.05, 4.69) is 20.8 Å². The van der Waals surface area contributed by atoms with E-state index in [-0.39, 0.29) is 5.91 Å². The predicted molar refractivity (Wildman–Crippen MR) is 58.2 cm³/mol. The van der Waals surface area contributed by atoms with Crippen molar-refractivity contribution >= 4 is 5.91 Å². The number of primary amides is 1. The van der Waals surface area contributed by atoms with Crippen LogP contribution in [-0.2, 0) is 0 Å². The Morgan fingerprint density at radius 1 is 1.14 bits per heavy atom. The molecule has 1 aromatic carbocycles. The zero-order valence-corrected chi connectivity index (χ0v) is 8.95. The average Bonchev–Trinajstić information content (AvgIpc) is 2.16. The molecule has 0 aromatic heterocycles. The van der Waals surface area contributed by atoms with E-state index in [1.807, 2.05) is 12.1 Å². The van der Waals surface area contributed by atoms with Crippen molar-refractivity contribution < 1.29 is 4.79 Å². The number of hydrogen-bond donors (Lipinski definition) is 1. The van der Waals surface area contributed by atoms with Crippen LogP contribution in [0.25, 0.3) is 0 Å². The molecular weight excluding hydrogens is 174 g/mol. The van der Waals surface area contributed by atoms with E-state index in [0.29, 0.717) is 17.4 Å². The molecule has 2 N–H and O–H groups in total. The third-order valence-electron chi connectivity index (χ3n) is 2.72. The first-order valence-corrected chi connectivity index (χ1v) is 4.92. The van der Waals surface area contributed by atoms with E-state index < -0.39 is 0 Å². The molecule has 1 aromatic rings. The Labute approximate surface area is 85.1 Å². The topological polar surface area (TPSA) is 43.1 Å². The lowest BCUT2D eigenvalue weighted by atomic mass is 9.90. The Kier molecular flexibility index (Phi) is 3.28. The first-order valence-electron chi connectivity index (χ1n) is 4.92. The molecule has 0 aliphatic heterocycles. The van der Waals surface area contributed by atoms with Crippen molar-refractivity contribution in [3.05, 3.63) is 35.4 Å². The summed E-state index contributed by atoms with van der Waals surface area (Å²) in [6.45, 7) is 6.56. The summed E-state index contributed by atoms with van der Waals surface area (Å²) in [6.07, 6.45) is 0. The fraction of sp³-hybridized carbons (Fsp3) is 0.417. The number of hydrogen-bond acceptors (Lipinski definition) is 1. The minimum absolute atomic E-state index is 0.367. The molecule has 0 saturated heterocycles. The third kappa shape index (κ3) is 2.34. The second kappa shape index (κ2) is 4.27. The van der Waals surface area contributed by atoms with Crippen LogP contribution < -0.4 is 5.73 Å². The second-order valence-corrected chi connectivity index (χ2v) is 4.02. The maximum absolute atomic E-state index is 10.8. The van der Waals surface area contributed by atoms with Crippen LogP contribution in [0.15, 0.2) is 24.3 Å². The van der Waals surface area contributed by atoms with Crippen LogP contribution in [0.3, 0.4) is 0 Å². The van der Waals surface area contributed by atoms with Crippen LogP contribution in [0.1, 0.15) is 42.6 Å². The van der Waals surface area contributed by atoms with Crippen LogP contribution in [0.2, 0.25) is 0 Å². The lowest BCUT2D eigenvalue weighted by Gasteiger charge is -2.15. The molecule has 0 spiro atoms. The summed E-state index contributed by atoms with van der Waals surface area (Å²) in [6, 6.07) is 7.53. The van der Waals surface area contributed by atoms with Crippen molar-refractivity contribution in [2.24, 2.45) is 11.7 Å². The average molecular weight is 191 g/mol. The molecule has 1 atom stereocenters. The van der Waals surface area contributed by atoms with Gasteiger partial charge in [0.1, 0.15) is 0 Å². The smallest absolute Gasteiger partial charge is 0.248 e. The molecule has 1 amide bonds. The van der Waals surface area contributed by atoms with Crippen molar-refractivity contribution in [2.75, 3.05) is 0 Å². The van der Waals surface area contributed by atoms with Crippen LogP contribution in [0, 0.1) is 5.92 Å². The summed E-state index contributed by atoms with van der Waals surface area (Å²) in [5.41, 5.74) is 6.99. The highest BCUT2D eigenvalue weighted by Crippen LogP contribution is 2.23. The molecule has 0 bridgehead atoms. The van der Waals surface area contributed by atoms with Gasteiger partial charge in [0.15, 0.2) is 0 Å². The van der Waals surface area contributed by atoms with E-state index in [9.17, 15) is 4.79 Å². The van der Waals surface area contributed by atoms with Crippen molar-refractivity contribution in [3.8, 4) is 0 Å². The number of carbonyl (C=O) groups is 1. The minimum Gasteiger partial charge on any atom is -0.366 e. The van der Waals surface area contributed by atoms with E-state index in [1.165, 1.54) is 5.56 Å². The van der Waals surface area contributed by atoms with Gasteiger partial charge in [-0.05, 0) is 29.5 Å². The number of nitrogens with two attached hydrogens (primary N) is 1. The van der Waals surface area contributed by atoms with Gasteiger partial charge in [0.05, 0.1) is 0 Å². The number of rotatable bonds is 3. The normalized spacial score (nSPS) is 12.9. The molecule has 1 rings (SSSR count). The van der Waals surface area contributed by atoms with Gasteiger partial charge in [0.2, 0.25) is 5.91 Å². The highest BCUT2D eigenvalue weighted by atomic mass is 16.1. The monoisotopic (exact) mass is 191 g/mol. The van der Waals surface area contributed by atoms with Crippen LogP contribution in [0.5, 0.6) is 0 Å². The molecule has 0 aliphatic carbocycles. The fourth-order valence-electron chi connectivity index (χ4n) is 1.34. The van der Waals surface area contributed by atoms with E-state index in [0.717, 1.165) is 0 Å². The molecule has 0 radical (unpaired) electrons. The Balaban J connectivity index is 2.88. The summed E-state index contributed by atoms with van der Waals surface area (Å²) in [7, 11) is 0.